The van der Waals surface area contributed by atoms with Crippen molar-refractivity contribution in [1.82, 2.24) is 9.55 Å². The molecule has 0 saturated carbocycles. The molecule has 0 bridgehead atoms. The number of benzene rings is 2. The molecule has 0 radical (unpaired) electrons. The monoisotopic (exact) mass is 556 g/mol. The second kappa shape index (κ2) is 9.66. The Hall–Kier alpha value is -1.69. The van der Waals surface area contributed by atoms with Gasteiger partial charge in [0.2, 0.25) is 0 Å². The van der Waals surface area contributed by atoms with Crippen LogP contribution in [0.15, 0.2) is 76.5 Å². The van der Waals surface area contributed by atoms with E-state index in [9.17, 15) is 9.59 Å². The average molecular weight is 556 g/mol. The molecule has 1 N–H and O–H groups in total. The summed E-state index contributed by atoms with van der Waals surface area (Å²) in [6, 6.07) is 15.1. The third kappa shape index (κ3) is 4.95. The van der Waals surface area contributed by atoms with Crippen LogP contribution in [-0.4, -0.2) is 37.4 Å². The Morgan fingerprint density at radius 1 is 1.03 bits per heavy atom. The van der Waals surface area contributed by atoms with Crippen LogP contribution in [0.3, 0.4) is 0 Å². The van der Waals surface area contributed by atoms with Crippen LogP contribution in [0.5, 0.6) is 0 Å². The van der Waals surface area contributed by atoms with E-state index in [-0.39, 0.29) is 12.7 Å². The van der Waals surface area contributed by atoms with E-state index in [0.717, 1.165) is 10.6 Å². The molecule has 2 atom stereocenters. The Bertz CT molecular complexity index is 1270. The summed E-state index contributed by atoms with van der Waals surface area (Å²) in [6.45, 7) is 1.90. The van der Waals surface area contributed by atoms with E-state index < -0.39 is 23.2 Å². The molecular formula is C22H19Cl2N2O4PSe. The van der Waals surface area contributed by atoms with Gasteiger partial charge in [0.1, 0.15) is 0 Å². The summed E-state index contributed by atoms with van der Waals surface area (Å²) in [4.78, 5) is 26.1. The van der Waals surface area contributed by atoms with E-state index in [1.165, 1.54) is 10.8 Å². The van der Waals surface area contributed by atoms with Crippen molar-refractivity contribution in [2.75, 3.05) is 6.61 Å². The van der Waals surface area contributed by atoms with Gasteiger partial charge in [-0.1, -0.05) is 0 Å². The maximum absolute atomic E-state index is 12.2. The van der Waals surface area contributed by atoms with Crippen molar-refractivity contribution in [3.8, 4) is 0 Å². The Balaban J connectivity index is 1.55. The number of aryl methyl sites for hydroxylation is 1. The number of H-pyrrole nitrogens is 1. The summed E-state index contributed by atoms with van der Waals surface area (Å²) < 4.78 is 13.8. The van der Waals surface area contributed by atoms with Crippen molar-refractivity contribution in [2.24, 2.45) is 0 Å². The van der Waals surface area contributed by atoms with Crippen LogP contribution in [0.4, 0.5) is 0 Å². The first-order chi connectivity index (χ1) is 15.3. The number of ether oxygens (including phenoxy) is 1. The summed E-state index contributed by atoms with van der Waals surface area (Å²) in [6.07, 6.45) is 4.13. The predicted molar refractivity (Wildman–Crippen MR) is 130 cm³/mol. The van der Waals surface area contributed by atoms with E-state index in [1.807, 2.05) is 54.6 Å². The Labute approximate surface area is 202 Å². The molecule has 0 unspecified atom stereocenters. The second-order valence-electron chi connectivity index (χ2n) is 7.23. The molecule has 0 spiro atoms. The van der Waals surface area contributed by atoms with Gasteiger partial charge in [0.15, 0.2) is 0 Å². The molecule has 10 heteroatoms. The summed E-state index contributed by atoms with van der Waals surface area (Å²) in [5.41, 5.74) is -2.85. The minimum absolute atomic E-state index is 0.260. The van der Waals surface area contributed by atoms with Gasteiger partial charge in [-0.25, -0.2) is 0 Å². The van der Waals surface area contributed by atoms with E-state index in [2.05, 4.69) is 20.1 Å². The van der Waals surface area contributed by atoms with Gasteiger partial charge in [-0.2, -0.15) is 0 Å². The molecule has 32 heavy (non-hydrogen) atoms. The predicted octanol–water partition coefficient (Wildman–Crippen LogP) is 3.29. The van der Waals surface area contributed by atoms with Crippen LogP contribution in [0.2, 0.25) is 10.0 Å². The molecule has 2 heterocycles. The van der Waals surface area contributed by atoms with Gasteiger partial charge in [0, 0.05) is 0 Å². The van der Waals surface area contributed by atoms with E-state index in [1.54, 1.807) is 13.0 Å². The molecule has 1 aliphatic rings. The Morgan fingerprint density at radius 2 is 1.59 bits per heavy atom. The molecule has 166 valence electrons. The minimum atomic E-state index is -2.35. The van der Waals surface area contributed by atoms with Gasteiger partial charge in [0.05, 0.1) is 0 Å². The zero-order valence-electron chi connectivity index (χ0n) is 16.9. The third-order valence-corrected chi connectivity index (χ3v) is 11.3. The Kier molecular flexibility index (Phi) is 7.08. The van der Waals surface area contributed by atoms with Crippen molar-refractivity contribution >= 4 is 54.6 Å². The van der Waals surface area contributed by atoms with Crippen molar-refractivity contribution in [2.45, 2.75) is 19.3 Å². The van der Waals surface area contributed by atoms with Crippen LogP contribution < -0.4 is 21.9 Å². The fraction of sp³-hybridized carbons (Fsp3) is 0.182. The van der Waals surface area contributed by atoms with Crippen LogP contribution in [0.25, 0.3) is 0 Å². The van der Waals surface area contributed by atoms with Gasteiger partial charge >= 0.3 is 203 Å². The maximum atomic E-state index is 12.2. The fourth-order valence-electron chi connectivity index (χ4n) is 3.27. The number of nitrogens with one attached hydrogen (secondary N) is 1. The molecule has 0 amide bonds. The van der Waals surface area contributed by atoms with Gasteiger partial charge in [-0.3, -0.25) is 0 Å². The number of aromatic nitrogens is 2. The van der Waals surface area contributed by atoms with Gasteiger partial charge in [-0.05, 0) is 0 Å². The van der Waals surface area contributed by atoms with Crippen molar-refractivity contribution in [1.29, 1.82) is 0 Å². The normalized spacial score (nSPS) is 18.2. The first-order valence-electron chi connectivity index (χ1n) is 9.69. The van der Waals surface area contributed by atoms with Crippen molar-refractivity contribution in [3.63, 3.8) is 0 Å². The molecule has 6 nitrogen and oxygen atoms in total. The molecule has 0 aliphatic carbocycles. The van der Waals surface area contributed by atoms with Gasteiger partial charge in [-0.15, -0.1) is 0 Å². The molecule has 1 aliphatic heterocycles. The Morgan fingerprint density at radius 3 is 2.16 bits per heavy atom. The summed E-state index contributed by atoms with van der Waals surface area (Å²) in [5, 5.41) is 3.25. The van der Waals surface area contributed by atoms with Crippen LogP contribution in [0, 0.1) is 6.92 Å². The number of aromatic amines is 1. The summed E-state index contributed by atoms with van der Waals surface area (Å²) >= 11 is 15.4. The number of hydrogen-bond donors (Lipinski definition) is 1. The first kappa shape index (κ1) is 23.5. The second-order valence-corrected chi connectivity index (χ2v) is 13.7. The zero-order valence-corrected chi connectivity index (χ0v) is 21.0. The number of hydrogen-bond acceptors (Lipinski definition) is 4. The van der Waals surface area contributed by atoms with Crippen LogP contribution in [-0.2, 0) is 9.26 Å². The van der Waals surface area contributed by atoms with Crippen LogP contribution in [0.1, 0.15) is 11.8 Å². The number of rotatable bonds is 6. The SMILES string of the molecule is Cc1cn([C@H]2C=C[C@@H](COP(=[Se])(c3ccc(Cl)cc3)c3ccc(Cl)cc3)O2)c(=O)[nH]c1=O. The van der Waals surface area contributed by atoms with E-state index in [0.29, 0.717) is 15.6 Å². The molecule has 4 rings (SSSR count). The van der Waals surface area contributed by atoms with Crippen LogP contribution >= 0.6 is 28.9 Å². The standard InChI is InChI=1S/C22H19Cl2N2O4PSe/c1-14-12-26(22(28)25-21(14)27)20-11-6-17(30-20)13-29-31(32,18-7-2-15(23)3-8-18)19-9-4-16(24)5-10-19/h2-12,17,20H,13H2,1H3,(H,25,27,28)/t17-,20+/m0/s1. The molecule has 0 saturated heterocycles. The quantitative estimate of drug-likeness (QED) is 0.288. The average Bonchev–Trinajstić information content (AvgIpc) is 3.24. The zero-order chi connectivity index (χ0) is 22.9. The molecule has 1 aromatic heterocycles. The molecule has 0 fully saturated rings. The van der Waals surface area contributed by atoms with Gasteiger partial charge < -0.3 is 0 Å². The third-order valence-electron chi connectivity index (χ3n) is 4.98. The fourth-order valence-corrected chi connectivity index (χ4v) is 7.47. The van der Waals surface area contributed by atoms with Crippen molar-refractivity contribution < 1.29 is 9.26 Å². The topological polar surface area (TPSA) is 73.3 Å². The molecule has 2 aromatic carbocycles. The number of halogens is 2. The van der Waals surface area contributed by atoms with E-state index in [4.69, 9.17) is 32.5 Å². The molecular weight excluding hydrogens is 537 g/mol. The molecule has 3 aromatic rings. The summed E-state index contributed by atoms with van der Waals surface area (Å²) in [7, 11) is 0. The number of nitrogens with zero attached hydrogens (tertiary/aromatic N) is 1. The van der Waals surface area contributed by atoms with Crippen molar-refractivity contribution in [3.05, 3.63) is 103 Å². The van der Waals surface area contributed by atoms with Gasteiger partial charge in [0.25, 0.3) is 0 Å². The summed E-state index contributed by atoms with van der Waals surface area (Å²) in [5.74, 6) is 0. The van der Waals surface area contributed by atoms with E-state index >= 15 is 0 Å². The first-order valence-corrected chi connectivity index (χ1v) is 14.4.